The lowest BCUT2D eigenvalue weighted by Crippen LogP contribution is -2.44. The molecule has 6 heteroatoms. The van der Waals surface area contributed by atoms with Gasteiger partial charge < -0.3 is 4.74 Å². The van der Waals surface area contributed by atoms with E-state index in [1.165, 1.54) is 36.1 Å². The molecular formula is C15H16FNO4. The summed E-state index contributed by atoms with van der Waals surface area (Å²) in [6.07, 6.45) is -0.0454. The number of carbonyl (C=O) groups excluding carboxylic acids is 3. The van der Waals surface area contributed by atoms with Gasteiger partial charge in [-0.15, -0.1) is 0 Å². The fraction of sp³-hybridized carbons (Fsp3) is 0.400. The SMILES string of the molecule is CCOC(=O)C1C(C(C)=O)CC(=O)N1c1ccc(F)cc1. The molecular weight excluding hydrogens is 277 g/mol. The zero-order chi connectivity index (χ0) is 15.6. The molecule has 2 atom stereocenters. The average molecular weight is 293 g/mol. The number of Topliss-reactive ketones (excluding diaryl/α,β-unsaturated/α-hetero) is 1. The molecule has 0 aliphatic carbocycles. The largest absolute Gasteiger partial charge is 0.464 e. The lowest BCUT2D eigenvalue weighted by Gasteiger charge is -2.25. The molecule has 5 nitrogen and oxygen atoms in total. The molecule has 112 valence electrons. The van der Waals surface area contributed by atoms with Crippen LogP contribution in [0, 0.1) is 11.7 Å². The van der Waals surface area contributed by atoms with Crippen LogP contribution in [-0.4, -0.2) is 30.3 Å². The molecule has 1 aliphatic rings. The molecule has 21 heavy (non-hydrogen) atoms. The number of hydrogen-bond acceptors (Lipinski definition) is 4. The van der Waals surface area contributed by atoms with Gasteiger partial charge in [0, 0.05) is 12.1 Å². The van der Waals surface area contributed by atoms with E-state index >= 15 is 0 Å². The number of ketones is 1. The maximum atomic E-state index is 13.0. The van der Waals surface area contributed by atoms with Crippen molar-refractivity contribution < 1.29 is 23.5 Å². The molecule has 0 N–H and O–H groups in total. The van der Waals surface area contributed by atoms with Gasteiger partial charge in [-0.3, -0.25) is 14.5 Å². The quantitative estimate of drug-likeness (QED) is 0.793. The van der Waals surface area contributed by atoms with Gasteiger partial charge in [-0.05, 0) is 38.1 Å². The van der Waals surface area contributed by atoms with Crippen molar-refractivity contribution in [3.05, 3.63) is 30.1 Å². The van der Waals surface area contributed by atoms with E-state index in [0.717, 1.165) is 0 Å². The minimum absolute atomic E-state index is 0.0454. The second-order valence-electron chi connectivity index (χ2n) is 4.86. The molecule has 1 saturated heterocycles. The summed E-state index contributed by atoms with van der Waals surface area (Å²) in [6, 6.07) is 4.22. The van der Waals surface area contributed by atoms with E-state index in [9.17, 15) is 18.8 Å². The zero-order valence-corrected chi connectivity index (χ0v) is 11.8. The number of esters is 1. The lowest BCUT2D eigenvalue weighted by molar-refractivity contribution is -0.147. The number of ether oxygens (including phenoxy) is 1. The van der Waals surface area contributed by atoms with Gasteiger partial charge in [0.15, 0.2) is 0 Å². The lowest BCUT2D eigenvalue weighted by atomic mass is 9.96. The topological polar surface area (TPSA) is 63.7 Å². The van der Waals surface area contributed by atoms with Crippen LogP contribution in [0.15, 0.2) is 24.3 Å². The van der Waals surface area contributed by atoms with Crippen molar-refractivity contribution >= 4 is 23.3 Å². The molecule has 2 rings (SSSR count). The maximum Gasteiger partial charge on any atom is 0.330 e. The molecule has 1 aromatic rings. The Morgan fingerprint density at radius 1 is 1.33 bits per heavy atom. The van der Waals surface area contributed by atoms with Crippen molar-refractivity contribution in [2.45, 2.75) is 26.3 Å². The third kappa shape index (κ3) is 2.94. The Labute approximate surface area is 121 Å². The van der Waals surface area contributed by atoms with Gasteiger partial charge in [0.2, 0.25) is 5.91 Å². The van der Waals surface area contributed by atoms with E-state index < -0.39 is 23.7 Å². The third-order valence-corrected chi connectivity index (χ3v) is 3.48. The van der Waals surface area contributed by atoms with Crippen LogP contribution in [0.3, 0.4) is 0 Å². The van der Waals surface area contributed by atoms with Crippen molar-refractivity contribution in [2.24, 2.45) is 5.92 Å². The number of nitrogens with zero attached hydrogens (tertiary/aromatic N) is 1. The maximum absolute atomic E-state index is 13.0. The first-order valence-corrected chi connectivity index (χ1v) is 6.70. The number of rotatable bonds is 4. The summed E-state index contributed by atoms with van der Waals surface area (Å²) in [5.74, 6) is -2.39. The third-order valence-electron chi connectivity index (χ3n) is 3.48. The molecule has 2 unspecified atom stereocenters. The summed E-state index contributed by atoms with van der Waals surface area (Å²) < 4.78 is 18.0. The van der Waals surface area contributed by atoms with Gasteiger partial charge in [-0.1, -0.05) is 0 Å². The van der Waals surface area contributed by atoms with Crippen LogP contribution >= 0.6 is 0 Å². The number of carbonyl (C=O) groups is 3. The van der Waals surface area contributed by atoms with Crippen LogP contribution in [0.4, 0.5) is 10.1 Å². The Kier molecular flexibility index (Phi) is 4.35. The highest BCUT2D eigenvalue weighted by Crippen LogP contribution is 2.32. The van der Waals surface area contributed by atoms with Crippen LogP contribution in [0.25, 0.3) is 0 Å². The molecule has 0 spiro atoms. The first-order valence-electron chi connectivity index (χ1n) is 6.70. The number of benzene rings is 1. The van der Waals surface area contributed by atoms with Gasteiger partial charge in [0.1, 0.15) is 17.6 Å². The van der Waals surface area contributed by atoms with E-state index in [0.29, 0.717) is 5.69 Å². The van der Waals surface area contributed by atoms with E-state index in [2.05, 4.69) is 0 Å². The minimum Gasteiger partial charge on any atom is -0.464 e. The van der Waals surface area contributed by atoms with Gasteiger partial charge in [-0.25, -0.2) is 9.18 Å². The van der Waals surface area contributed by atoms with Crippen molar-refractivity contribution in [3.8, 4) is 0 Å². The van der Waals surface area contributed by atoms with E-state index in [4.69, 9.17) is 4.74 Å². The summed E-state index contributed by atoms with van der Waals surface area (Å²) in [7, 11) is 0. The van der Waals surface area contributed by atoms with E-state index in [1.54, 1.807) is 6.92 Å². The van der Waals surface area contributed by atoms with Crippen LogP contribution in [0.5, 0.6) is 0 Å². The number of amides is 1. The van der Waals surface area contributed by atoms with Gasteiger partial charge >= 0.3 is 5.97 Å². The van der Waals surface area contributed by atoms with E-state index in [1.807, 2.05) is 0 Å². The number of hydrogen-bond donors (Lipinski definition) is 0. The molecule has 1 fully saturated rings. The first kappa shape index (κ1) is 15.2. The first-order chi connectivity index (χ1) is 9.95. The second-order valence-corrected chi connectivity index (χ2v) is 4.86. The molecule has 0 radical (unpaired) electrons. The number of halogens is 1. The molecule has 0 bridgehead atoms. The predicted molar refractivity (Wildman–Crippen MR) is 73.1 cm³/mol. The average Bonchev–Trinajstić information content (AvgIpc) is 2.78. The van der Waals surface area contributed by atoms with Crippen molar-refractivity contribution in [1.29, 1.82) is 0 Å². The summed E-state index contributed by atoms with van der Waals surface area (Å²) in [5, 5.41) is 0. The Morgan fingerprint density at radius 2 is 1.95 bits per heavy atom. The van der Waals surface area contributed by atoms with Crippen molar-refractivity contribution in [1.82, 2.24) is 0 Å². The van der Waals surface area contributed by atoms with Crippen LogP contribution in [0.2, 0.25) is 0 Å². The Morgan fingerprint density at radius 3 is 2.48 bits per heavy atom. The number of anilines is 1. The predicted octanol–water partition coefficient (Wildman–Crippen LogP) is 1.70. The highest BCUT2D eigenvalue weighted by molar-refractivity contribution is 6.07. The van der Waals surface area contributed by atoms with Crippen molar-refractivity contribution in [2.75, 3.05) is 11.5 Å². The van der Waals surface area contributed by atoms with Crippen LogP contribution < -0.4 is 4.90 Å². The molecule has 1 heterocycles. The summed E-state index contributed by atoms with van der Waals surface area (Å²) in [5.41, 5.74) is 0.378. The second kappa shape index (κ2) is 6.03. The summed E-state index contributed by atoms with van der Waals surface area (Å²) >= 11 is 0. The van der Waals surface area contributed by atoms with Gasteiger partial charge in [0.25, 0.3) is 0 Å². The van der Waals surface area contributed by atoms with Crippen LogP contribution in [0.1, 0.15) is 20.3 Å². The Bertz CT molecular complexity index is 570. The highest BCUT2D eigenvalue weighted by Gasteiger charge is 2.47. The normalized spacial score (nSPS) is 21.5. The molecule has 0 saturated carbocycles. The Hall–Kier alpha value is -2.24. The summed E-state index contributed by atoms with van der Waals surface area (Å²) in [6.45, 7) is 3.16. The van der Waals surface area contributed by atoms with Gasteiger partial charge in [0.05, 0.1) is 12.5 Å². The molecule has 1 aromatic carbocycles. The standard InChI is InChI=1S/C15H16FNO4/c1-3-21-15(20)14-12(9(2)18)8-13(19)17(14)11-6-4-10(16)5-7-11/h4-7,12,14H,3,8H2,1-2H3. The zero-order valence-electron chi connectivity index (χ0n) is 11.8. The van der Waals surface area contributed by atoms with E-state index in [-0.39, 0.29) is 24.7 Å². The summed E-state index contributed by atoms with van der Waals surface area (Å²) in [4.78, 5) is 37.2. The molecule has 0 aromatic heterocycles. The fourth-order valence-corrected chi connectivity index (χ4v) is 2.50. The highest BCUT2D eigenvalue weighted by atomic mass is 19.1. The Balaban J connectivity index is 2.40. The van der Waals surface area contributed by atoms with Crippen LogP contribution in [-0.2, 0) is 19.1 Å². The molecule has 1 aliphatic heterocycles. The smallest absolute Gasteiger partial charge is 0.330 e. The monoisotopic (exact) mass is 293 g/mol. The fourth-order valence-electron chi connectivity index (χ4n) is 2.50. The van der Waals surface area contributed by atoms with Crippen molar-refractivity contribution in [3.63, 3.8) is 0 Å². The molecule has 1 amide bonds. The van der Waals surface area contributed by atoms with Gasteiger partial charge in [-0.2, -0.15) is 0 Å². The minimum atomic E-state index is -0.986.